The lowest BCUT2D eigenvalue weighted by Gasteiger charge is -2.09. The molecule has 0 spiro atoms. The maximum atomic E-state index is 12.7. The van der Waals surface area contributed by atoms with Crippen LogP contribution in [-0.2, 0) is 9.47 Å². The topological polar surface area (TPSA) is 128 Å². The van der Waals surface area contributed by atoms with Crippen LogP contribution in [0.5, 0.6) is 0 Å². The van der Waals surface area contributed by atoms with Crippen LogP contribution in [0.4, 0.5) is 0 Å². The molecule has 11 heteroatoms. The first-order valence-corrected chi connectivity index (χ1v) is 8.10. The monoisotopic (exact) mass is 382 g/mol. The lowest BCUT2D eigenvalue weighted by atomic mass is 10.2. The third kappa shape index (κ3) is 2.29. The van der Waals surface area contributed by atoms with Crippen LogP contribution >= 0.6 is 0 Å². The number of aryl methyl sites for hydroxylation is 1. The Kier molecular flexibility index (Phi) is 3.91. The molecule has 0 saturated heterocycles. The second-order valence-corrected chi connectivity index (χ2v) is 5.84. The lowest BCUT2D eigenvalue weighted by molar-refractivity contribution is -0.583. The van der Waals surface area contributed by atoms with Crippen LogP contribution in [0.2, 0.25) is 0 Å². The molecule has 4 aromatic rings. The number of ether oxygens (including phenoxy) is 2. The second kappa shape index (κ2) is 6.30. The molecule has 0 aliphatic rings. The van der Waals surface area contributed by atoms with E-state index in [1.54, 1.807) is 35.6 Å². The standard InChI is InChI=1S/C17H14N6O5/c1-9-13-15(18-8-21(13)10-6-4-5-7-11(10)23(9)26)22-14(17(25)28-3)12(19-20-22)16(24)27-2/h4-8H,1-3H3. The van der Waals surface area contributed by atoms with E-state index in [0.717, 1.165) is 23.6 Å². The van der Waals surface area contributed by atoms with Crippen LogP contribution in [-0.4, -0.2) is 50.5 Å². The zero-order chi connectivity index (χ0) is 20.0. The van der Waals surface area contributed by atoms with Gasteiger partial charge in [0.05, 0.1) is 14.2 Å². The minimum absolute atomic E-state index is 0.149. The first-order valence-electron chi connectivity index (χ1n) is 8.10. The molecular weight excluding hydrogens is 368 g/mol. The molecule has 0 bridgehead atoms. The van der Waals surface area contributed by atoms with Crippen LogP contribution in [0.1, 0.15) is 26.7 Å². The molecule has 142 valence electrons. The Bertz CT molecular complexity index is 1260. The number of carbonyl (C=O) groups excluding carboxylic acids is 2. The summed E-state index contributed by atoms with van der Waals surface area (Å²) in [6.07, 6.45) is 1.50. The Labute approximate surface area is 157 Å². The number of benzene rings is 1. The fraction of sp³-hybridized carbons (Fsp3) is 0.176. The van der Waals surface area contributed by atoms with E-state index < -0.39 is 11.9 Å². The predicted molar refractivity (Wildman–Crippen MR) is 94.0 cm³/mol. The first kappa shape index (κ1) is 17.4. The van der Waals surface area contributed by atoms with Gasteiger partial charge in [-0.2, -0.15) is 9.41 Å². The normalized spacial score (nSPS) is 11.1. The Morgan fingerprint density at radius 2 is 1.86 bits per heavy atom. The number of hydrogen-bond acceptors (Lipinski definition) is 8. The van der Waals surface area contributed by atoms with Crippen molar-refractivity contribution in [3.05, 3.63) is 52.9 Å². The molecule has 0 atom stereocenters. The number of rotatable bonds is 3. The molecule has 3 aromatic heterocycles. The molecule has 0 radical (unpaired) electrons. The van der Waals surface area contributed by atoms with Gasteiger partial charge < -0.3 is 14.7 Å². The Hall–Kier alpha value is -4.02. The maximum Gasteiger partial charge on any atom is 0.361 e. The highest BCUT2D eigenvalue weighted by molar-refractivity contribution is 6.01. The number of aromatic nitrogens is 6. The van der Waals surface area contributed by atoms with E-state index in [4.69, 9.17) is 4.74 Å². The van der Waals surface area contributed by atoms with E-state index in [-0.39, 0.29) is 17.2 Å². The van der Waals surface area contributed by atoms with Gasteiger partial charge in [-0.25, -0.2) is 14.6 Å². The minimum atomic E-state index is -0.851. The number of esters is 2. The van der Waals surface area contributed by atoms with Crippen molar-refractivity contribution in [3.63, 3.8) is 0 Å². The third-order valence-corrected chi connectivity index (χ3v) is 4.38. The third-order valence-electron chi connectivity index (χ3n) is 4.38. The highest BCUT2D eigenvalue weighted by Gasteiger charge is 2.30. The van der Waals surface area contributed by atoms with E-state index >= 15 is 0 Å². The van der Waals surface area contributed by atoms with Crippen LogP contribution in [0.3, 0.4) is 0 Å². The Morgan fingerprint density at radius 1 is 1.14 bits per heavy atom. The van der Waals surface area contributed by atoms with Crippen LogP contribution in [0.15, 0.2) is 30.6 Å². The van der Waals surface area contributed by atoms with E-state index in [0.29, 0.717) is 22.2 Å². The van der Waals surface area contributed by atoms with Gasteiger partial charge in [0.2, 0.25) is 16.9 Å². The molecule has 1 aromatic carbocycles. The van der Waals surface area contributed by atoms with Crippen LogP contribution in [0.25, 0.3) is 22.4 Å². The molecule has 3 heterocycles. The molecule has 0 N–H and O–H groups in total. The number of nitrogens with zero attached hydrogens (tertiary/aromatic N) is 6. The van der Waals surface area contributed by atoms with Gasteiger partial charge >= 0.3 is 11.9 Å². The first-order chi connectivity index (χ1) is 13.5. The summed E-state index contributed by atoms with van der Waals surface area (Å²) in [6.45, 7) is 1.62. The van der Waals surface area contributed by atoms with E-state index in [2.05, 4.69) is 20.0 Å². The summed E-state index contributed by atoms with van der Waals surface area (Å²) in [4.78, 5) is 28.6. The van der Waals surface area contributed by atoms with Crippen LogP contribution < -0.4 is 4.73 Å². The van der Waals surface area contributed by atoms with E-state index in [1.807, 2.05) is 0 Å². The van der Waals surface area contributed by atoms with E-state index in [1.165, 1.54) is 6.33 Å². The number of para-hydroxylation sites is 2. The summed E-state index contributed by atoms with van der Waals surface area (Å²) < 4.78 is 12.9. The van der Waals surface area contributed by atoms with Crippen molar-refractivity contribution in [1.82, 2.24) is 24.4 Å². The van der Waals surface area contributed by atoms with Gasteiger partial charge in [-0.3, -0.25) is 4.40 Å². The molecule has 4 rings (SSSR count). The van der Waals surface area contributed by atoms with Gasteiger partial charge in [-0.15, -0.1) is 5.10 Å². The quantitative estimate of drug-likeness (QED) is 0.286. The number of imidazole rings is 1. The number of carbonyl (C=O) groups is 2. The summed E-state index contributed by atoms with van der Waals surface area (Å²) in [7, 11) is 2.32. The highest BCUT2D eigenvalue weighted by atomic mass is 16.5. The fourth-order valence-electron chi connectivity index (χ4n) is 3.07. The Balaban J connectivity index is 2.08. The zero-order valence-corrected chi connectivity index (χ0v) is 15.1. The second-order valence-electron chi connectivity index (χ2n) is 5.84. The maximum absolute atomic E-state index is 12.7. The molecule has 0 fully saturated rings. The highest BCUT2D eigenvalue weighted by Crippen LogP contribution is 2.23. The fourth-order valence-corrected chi connectivity index (χ4v) is 3.07. The molecule has 0 amide bonds. The average Bonchev–Trinajstić information content (AvgIpc) is 3.35. The summed E-state index contributed by atoms with van der Waals surface area (Å²) in [5, 5.41) is 20.3. The molecule has 28 heavy (non-hydrogen) atoms. The van der Waals surface area contributed by atoms with Crippen molar-refractivity contribution in [2.75, 3.05) is 14.2 Å². The summed E-state index contributed by atoms with van der Waals surface area (Å²) in [6, 6.07) is 7.01. The predicted octanol–water partition coefficient (Wildman–Crippen LogP) is 0.583. The molecule has 0 unspecified atom stereocenters. The molecule has 0 aliphatic heterocycles. The van der Waals surface area contributed by atoms with Gasteiger partial charge in [0.15, 0.2) is 17.0 Å². The average molecular weight is 382 g/mol. The molecule has 0 saturated carbocycles. The lowest BCUT2D eigenvalue weighted by Crippen LogP contribution is -2.32. The van der Waals surface area contributed by atoms with Gasteiger partial charge in [-0.05, 0) is 6.07 Å². The van der Waals surface area contributed by atoms with Crippen molar-refractivity contribution < 1.29 is 23.8 Å². The SMILES string of the molecule is COC(=O)c1nnn(-c2ncn3c2c(C)[n+]([O-])c2ccccc23)c1C(=O)OC. The smallest absolute Gasteiger partial charge is 0.361 e. The van der Waals surface area contributed by atoms with Crippen molar-refractivity contribution >= 4 is 28.5 Å². The van der Waals surface area contributed by atoms with Gasteiger partial charge in [0.1, 0.15) is 11.8 Å². The molecular formula is C17H14N6O5. The van der Waals surface area contributed by atoms with Crippen molar-refractivity contribution in [2.45, 2.75) is 6.92 Å². The number of hydrogen-bond donors (Lipinski definition) is 0. The largest absolute Gasteiger partial charge is 0.618 e. The Morgan fingerprint density at radius 3 is 2.57 bits per heavy atom. The zero-order valence-electron chi connectivity index (χ0n) is 15.1. The van der Waals surface area contributed by atoms with Gasteiger partial charge in [0.25, 0.3) is 0 Å². The van der Waals surface area contributed by atoms with Crippen molar-refractivity contribution in [3.8, 4) is 5.82 Å². The summed E-state index contributed by atoms with van der Waals surface area (Å²) in [5.41, 5.74) is 1.24. The van der Waals surface area contributed by atoms with Crippen LogP contribution in [0, 0.1) is 12.1 Å². The van der Waals surface area contributed by atoms with Crippen molar-refractivity contribution in [1.29, 1.82) is 0 Å². The summed E-state index contributed by atoms with van der Waals surface area (Å²) >= 11 is 0. The molecule has 0 aliphatic carbocycles. The molecule has 11 nitrogen and oxygen atoms in total. The van der Waals surface area contributed by atoms with E-state index in [9.17, 15) is 14.8 Å². The number of methoxy groups -OCH3 is 2. The van der Waals surface area contributed by atoms with Crippen molar-refractivity contribution in [2.24, 2.45) is 0 Å². The minimum Gasteiger partial charge on any atom is -0.618 e. The van der Waals surface area contributed by atoms with Gasteiger partial charge in [-0.1, -0.05) is 17.3 Å². The number of fused-ring (bicyclic) bond motifs is 3. The summed E-state index contributed by atoms with van der Waals surface area (Å²) in [5.74, 6) is -1.55. The van der Waals surface area contributed by atoms with Gasteiger partial charge in [0, 0.05) is 13.0 Å².